The molecule has 0 radical (unpaired) electrons. The van der Waals surface area contributed by atoms with Gasteiger partial charge in [0.05, 0.1) is 18.2 Å². The molecule has 1 N–H and O–H groups in total. The first-order chi connectivity index (χ1) is 9.65. The fourth-order valence-electron chi connectivity index (χ4n) is 2.09. The maximum Gasteiger partial charge on any atom is 0.124 e. The highest BCUT2D eigenvalue weighted by atomic mass is 32.1. The van der Waals surface area contributed by atoms with Gasteiger partial charge in [-0.3, -0.25) is 0 Å². The van der Waals surface area contributed by atoms with Crippen LogP contribution in [0.2, 0.25) is 0 Å². The lowest BCUT2D eigenvalue weighted by molar-refractivity contribution is 0.402. The van der Waals surface area contributed by atoms with Crippen molar-refractivity contribution >= 4 is 11.3 Å². The standard InChI is InChI=1S/C15H19FN2OS/c1-4-7-17-15(14-9-18-10(2)20-14)12-8-11(16)5-6-13(12)19-3/h5-6,8-9,15,17H,4,7H2,1-3H3. The lowest BCUT2D eigenvalue weighted by atomic mass is 10.0. The number of halogens is 1. The van der Waals surface area contributed by atoms with E-state index in [4.69, 9.17) is 4.74 Å². The Morgan fingerprint density at radius 3 is 2.85 bits per heavy atom. The van der Waals surface area contributed by atoms with Crippen LogP contribution in [-0.2, 0) is 0 Å². The molecule has 0 spiro atoms. The number of aromatic nitrogens is 1. The molecule has 0 aliphatic carbocycles. The molecule has 1 heterocycles. The summed E-state index contributed by atoms with van der Waals surface area (Å²) in [5.41, 5.74) is 0.810. The van der Waals surface area contributed by atoms with Gasteiger partial charge in [-0.2, -0.15) is 0 Å². The summed E-state index contributed by atoms with van der Waals surface area (Å²) in [5, 5.41) is 4.44. The Labute approximate surface area is 122 Å². The third-order valence-corrected chi connectivity index (χ3v) is 4.00. The fourth-order valence-corrected chi connectivity index (χ4v) is 2.97. The lowest BCUT2D eigenvalue weighted by Gasteiger charge is -2.20. The molecule has 1 unspecified atom stereocenters. The van der Waals surface area contributed by atoms with E-state index in [2.05, 4.69) is 17.2 Å². The summed E-state index contributed by atoms with van der Waals surface area (Å²) in [5.74, 6) is 0.427. The first-order valence-electron chi connectivity index (χ1n) is 6.64. The molecule has 0 bridgehead atoms. The Hall–Kier alpha value is -1.46. The van der Waals surface area contributed by atoms with Crippen molar-refractivity contribution < 1.29 is 9.13 Å². The molecule has 108 valence electrons. The van der Waals surface area contributed by atoms with Crippen molar-refractivity contribution in [3.8, 4) is 5.75 Å². The van der Waals surface area contributed by atoms with Crippen LogP contribution in [0.3, 0.4) is 0 Å². The minimum absolute atomic E-state index is 0.0909. The largest absolute Gasteiger partial charge is 0.496 e. The molecule has 2 aromatic rings. The van der Waals surface area contributed by atoms with Crippen molar-refractivity contribution in [2.24, 2.45) is 0 Å². The Kier molecular flexibility index (Phi) is 5.09. The number of benzene rings is 1. The van der Waals surface area contributed by atoms with E-state index in [1.54, 1.807) is 24.5 Å². The number of nitrogens with zero attached hydrogens (tertiary/aromatic N) is 1. The molecule has 0 saturated heterocycles. The van der Waals surface area contributed by atoms with Crippen molar-refractivity contribution in [1.29, 1.82) is 0 Å². The highest BCUT2D eigenvalue weighted by Gasteiger charge is 2.20. The summed E-state index contributed by atoms with van der Waals surface area (Å²) in [6.07, 6.45) is 2.85. The highest BCUT2D eigenvalue weighted by molar-refractivity contribution is 7.11. The van der Waals surface area contributed by atoms with Crippen LogP contribution in [0.15, 0.2) is 24.4 Å². The summed E-state index contributed by atoms with van der Waals surface area (Å²) in [6, 6.07) is 4.52. The number of hydrogen-bond acceptors (Lipinski definition) is 4. The van der Waals surface area contributed by atoms with E-state index in [0.717, 1.165) is 28.4 Å². The lowest BCUT2D eigenvalue weighted by Crippen LogP contribution is -2.23. The summed E-state index contributed by atoms with van der Waals surface area (Å²) < 4.78 is 19.0. The molecule has 0 fully saturated rings. The molecule has 1 aromatic heterocycles. The van der Waals surface area contributed by atoms with Gasteiger partial charge in [0.15, 0.2) is 0 Å². The van der Waals surface area contributed by atoms with E-state index in [-0.39, 0.29) is 11.9 Å². The Morgan fingerprint density at radius 2 is 2.25 bits per heavy atom. The molecule has 2 rings (SSSR count). The van der Waals surface area contributed by atoms with Crippen LogP contribution in [-0.4, -0.2) is 18.6 Å². The van der Waals surface area contributed by atoms with E-state index in [0.29, 0.717) is 5.75 Å². The molecule has 20 heavy (non-hydrogen) atoms. The van der Waals surface area contributed by atoms with E-state index in [9.17, 15) is 4.39 Å². The molecule has 0 amide bonds. The second kappa shape index (κ2) is 6.81. The van der Waals surface area contributed by atoms with E-state index >= 15 is 0 Å². The molecule has 3 nitrogen and oxygen atoms in total. The van der Waals surface area contributed by atoms with Crippen molar-refractivity contribution in [3.05, 3.63) is 45.7 Å². The number of nitrogens with one attached hydrogen (secondary N) is 1. The number of hydrogen-bond donors (Lipinski definition) is 1. The van der Waals surface area contributed by atoms with Gasteiger partial charge in [0.2, 0.25) is 0 Å². The van der Waals surface area contributed by atoms with Gasteiger partial charge in [-0.15, -0.1) is 11.3 Å². The van der Waals surface area contributed by atoms with Crippen LogP contribution in [0.25, 0.3) is 0 Å². The van der Waals surface area contributed by atoms with Crippen LogP contribution in [0.5, 0.6) is 5.75 Å². The second-order valence-electron chi connectivity index (χ2n) is 4.56. The number of aryl methyl sites for hydroxylation is 1. The van der Waals surface area contributed by atoms with Crippen molar-refractivity contribution in [3.63, 3.8) is 0 Å². The minimum Gasteiger partial charge on any atom is -0.496 e. The monoisotopic (exact) mass is 294 g/mol. The van der Waals surface area contributed by atoms with Gasteiger partial charge in [-0.1, -0.05) is 6.92 Å². The van der Waals surface area contributed by atoms with Crippen LogP contribution in [0, 0.1) is 12.7 Å². The maximum absolute atomic E-state index is 13.6. The molecule has 5 heteroatoms. The Balaban J connectivity index is 2.42. The van der Waals surface area contributed by atoms with Crippen molar-refractivity contribution in [1.82, 2.24) is 10.3 Å². The fraction of sp³-hybridized carbons (Fsp3) is 0.400. The van der Waals surface area contributed by atoms with Gasteiger partial charge in [0, 0.05) is 16.6 Å². The Bertz CT molecular complexity index is 571. The zero-order valence-electron chi connectivity index (χ0n) is 11.9. The number of thiazole rings is 1. The SMILES string of the molecule is CCCNC(c1cnc(C)s1)c1cc(F)ccc1OC. The van der Waals surface area contributed by atoms with Gasteiger partial charge in [0.25, 0.3) is 0 Å². The van der Waals surface area contributed by atoms with Gasteiger partial charge in [-0.05, 0) is 38.1 Å². The zero-order chi connectivity index (χ0) is 14.5. The molecule has 0 aliphatic rings. The molecular formula is C15H19FN2OS. The summed E-state index contributed by atoms with van der Waals surface area (Å²) >= 11 is 1.61. The average molecular weight is 294 g/mol. The summed E-state index contributed by atoms with van der Waals surface area (Å²) in [4.78, 5) is 5.36. The van der Waals surface area contributed by atoms with Gasteiger partial charge in [-0.25, -0.2) is 9.37 Å². The average Bonchev–Trinajstić information content (AvgIpc) is 2.86. The van der Waals surface area contributed by atoms with E-state index in [1.165, 1.54) is 12.1 Å². The second-order valence-corrected chi connectivity index (χ2v) is 5.82. The molecule has 1 aromatic carbocycles. The van der Waals surface area contributed by atoms with E-state index in [1.807, 2.05) is 13.1 Å². The molecule has 0 aliphatic heterocycles. The van der Waals surface area contributed by atoms with Crippen LogP contribution < -0.4 is 10.1 Å². The smallest absolute Gasteiger partial charge is 0.124 e. The summed E-state index contributed by atoms with van der Waals surface area (Å²) in [6.45, 7) is 4.92. The minimum atomic E-state index is -0.259. The van der Waals surface area contributed by atoms with Crippen LogP contribution in [0.4, 0.5) is 4.39 Å². The van der Waals surface area contributed by atoms with Gasteiger partial charge in [0.1, 0.15) is 11.6 Å². The third-order valence-electron chi connectivity index (χ3n) is 3.02. The predicted molar refractivity (Wildman–Crippen MR) is 79.9 cm³/mol. The van der Waals surface area contributed by atoms with Crippen LogP contribution in [0.1, 0.15) is 34.8 Å². The van der Waals surface area contributed by atoms with Crippen molar-refractivity contribution in [2.75, 3.05) is 13.7 Å². The number of ether oxygens (including phenoxy) is 1. The highest BCUT2D eigenvalue weighted by Crippen LogP contribution is 2.33. The normalized spacial score (nSPS) is 12.4. The maximum atomic E-state index is 13.6. The molecule has 0 saturated carbocycles. The first kappa shape index (κ1) is 14.9. The predicted octanol–water partition coefficient (Wildman–Crippen LogP) is 3.69. The molecular weight excluding hydrogens is 275 g/mol. The van der Waals surface area contributed by atoms with Crippen LogP contribution >= 0.6 is 11.3 Å². The zero-order valence-corrected chi connectivity index (χ0v) is 12.8. The number of rotatable bonds is 6. The Morgan fingerprint density at radius 1 is 1.45 bits per heavy atom. The molecule has 1 atom stereocenters. The van der Waals surface area contributed by atoms with Gasteiger partial charge < -0.3 is 10.1 Å². The third kappa shape index (κ3) is 3.35. The first-order valence-corrected chi connectivity index (χ1v) is 7.46. The van der Waals surface area contributed by atoms with E-state index < -0.39 is 0 Å². The van der Waals surface area contributed by atoms with Crippen molar-refractivity contribution in [2.45, 2.75) is 26.3 Å². The van der Waals surface area contributed by atoms with Gasteiger partial charge >= 0.3 is 0 Å². The topological polar surface area (TPSA) is 34.2 Å². The summed E-state index contributed by atoms with van der Waals surface area (Å²) in [7, 11) is 1.60. The number of methoxy groups -OCH3 is 1. The quantitative estimate of drug-likeness (QED) is 0.882.